The molecular weight excluding hydrogens is 336 g/mol. The van der Waals surface area contributed by atoms with Gasteiger partial charge in [0.05, 0.1) is 5.69 Å². The Balaban J connectivity index is 1.91. The predicted molar refractivity (Wildman–Crippen MR) is 101 cm³/mol. The Morgan fingerprint density at radius 2 is 2.04 bits per heavy atom. The Morgan fingerprint density at radius 1 is 1.24 bits per heavy atom. The average molecular weight is 361 g/mol. The highest BCUT2D eigenvalue weighted by atomic mass is 35.5. The molecule has 0 amide bonds. The Kier molecular flexibility index (Phi) is 6.24. The zero-order valence-electron chi connectivity index (χ0n) is 14.6. The zero-order chi connectivity index (χ0) is 17.5. The molecule has 0 atom stereocenters. The quantitative estimate of drug-likeness (QED) is 0.742. The molecule has 1 aliphatic heterocycles. The van der Waals surface area contributed by atoms with Crippen molar-refractivity contribution in [1.82, 2.24) is 15.3 Å². The Morgan fingerprint density at radius 3 is 2.80 bits per heavy atom. The van der Waals surface area contributed by atoms with Gasteiger partial charge in [-0.05, 0) is 50.0 Å². The standard InChI is InChI=1S/C19H25ClN4O/c1-25-14-4-10-22-18-23-11-7-17(24-18)19(8-12-21-13-9-19)15-5-2-3-6-16(15)20/h2-3,5-7,11,21H,4,8-10,12-14H2,1H3,(H,22,23,24). The van der Waals surface area contributed by atoms with Crippen molar-refractivity contribution in [2.75, 3.05) is 38.7 Å². The van der Waals surface area contributed by atoms with Crippen LogP contribution in [0.5, 0.6) is 0 Å². The van der Waals surface area contributed by atoms with Gasteiger partial charge in [0.15, 0.2) is 0 Å². The predicted octanol–water partition coefficient (Wildman–Crippen LogP) is 3.25. The van der Waals surface area contributed by atoms with Crippen molar-refractivity contribution in [2.45, 2.75) is 24.7 Å². The fraction of sp³-hybridized carbons (Fsp3) is 0.474. The van der Waals surface area contributed by atoms with Crippen LogP contribution in [-0.4, -0.2) is 43.3 Å². The van der Waals surface area contributed by atoms with Crippen molar-refractivity contribution in [2.24, 2.45) is 0 Å². The fourth-order valence-corrected chi connectivity index (χ4v) is 3.81. The largest absolute Gasteiger partial charge is 0.385 e. The van der Waals surface area contributed by atoms with E-state index in [1.807, 2.05) is 24.4 Å². The van der Waals surface area contributed by atoms with Crippen LogP contribution in [-0.2, 0) is 10.2 Å². The Bertz CT molecular complexity index is 689. The lowest BCUT2D eigenvalue weighted by atomic mass is 9.70. The number of hydrogen-bond acceptors (Lipinski definition) is 5. The van der Waals surface area contributed by atoms with Crippen molar-refractivity contribution in [3.05, 3.63) is 52.8 Å². The second-order valence-corrected chi connectivity index (χ2v) is 6.76. The number of rotatable bonds is 7. The number of methoxy groups -OCH3 is 1. The van der Waals surface area contributed by atoms with Crippen LogP contribution >= 0.6 is 11.6 Å². The van der Waals surface area contributed by atoms with Crippen LogP contribution in [0.15, 0.2) is 36.5 Å². The number of ether oxygens (including phenoxy) is 1. The van der Waals surface area contributed by atoms with E-state index in [0.717, 1.165) is 61.8 Å². The number of benzene rings is 1. The molecule has 1 aromatic carbocycles. The summed E-state index contributed by atoms with van der Waals surface area (Å²) in [7, 11) is 1.71. The lowest BCUT2D eigenvalue weighted by molar-refractivity contribution is 0.197. The number of nitrogens with zero attached hydrogens (tertiary/aromatic N) is 2. The minimum Gasteiger partial charge on any atom is -0.385 e. The first-order valence-corrected chi connectivity index (χ1v) is 9.16. The maximum Gasteiger partial charge on any atom is 0.222 e. The maximum atomic E-state index is 6.56. The lowest BCUT2D eigenvalue weighted by Gasteiger charge is -2.38. The van der Waals surface area contributed by atoms with Gasteiger partial charge in [0.25, 0.3) is 0 Å². The molecule has 2 aromatic rings. The van der Waals surface area contributed by atoms with E-state index >= 15 is 0 Å². The molecule has 0 bridgehead atoms. The SMILES string of the molecule is COCCCNc1nccc(C2(c3ccccc3Cl)CCNCC2)n1. The van der Waals surface area contributed by atoms with Crippen LogP contribution in [0.1, 0.15) is 30.5 Å². The molecule has 1 fully saturated rings. The van der Waals surface area contributed by atoms with E-state index in [0.29, 0.717) is 5.95 Å². The third-order valence-electron chi connectivity index (χ3n) is 4.80. The molecule has 0 aliphatic carbocycles. The summed E-state index contributed by atoms with van der Waals surface area (Å²) in [5, 5.41) is 7.54. The van der Waals surface area contributed by atoms with Gasteiger partial charge in [0.1, 0.15) is 0 Å². The van der Waals surface area contributed by atoms with Crippen LogP contribution in [0.4, 0.5) is 5.95 Å². The lowest BCUT2D eigenvalue weighted by Crippen LogP contribution is -2.41. The normalized spacial score (nSPS) is 16.6. The molecule has 0 spiro atoms. The molecule has 0 unspecified atom stereocenters. The van der Waals surface area contributed by atoms with Gasteiger partial charge >= 0.3 is 0 Å². The summed E-state index contributed by atoms with van der Waals surface area (Å²) in [5.74, 6) is 0.665. The highest BCUT2D eigenvalue weighted by Crippen LogP contribution is 2.42. The third kappa shape index (κ3) is 4.11. The van der Waals surface area contributed by atoms with E-state index in [-0.39, 0.29) is 5.41 Å². The number of aromatic nitrogens is 2. The van der Waals surface area contributed by atoms with E-state index in [9.17, 15) is 0 Å². The van der Waals surface area contributed by atoms with E-state index in [1.165, 1.54) is 0 Å². The van der Waals surface area contributed by atoms with Crippen LogP contribution in [0, 0.1) is 0 Å². The molecule has 0 radical (unpaired) electrons. The first-order valence-electron chi connectivity index (χ1n) is 8.78. The zero-order valence-corrected chi connectivity index (χ0v) is 15.4. The summed E-state index contributed by atoms with van der Waals surface area (Å²) in [6.07, 6.45) is 4.69. The Hall–Kier alpha value is -1.69. The molecule has 2 N–H and O–H groups in total. The number of nitrogens with one attached hydrogen (secondary N) is 2. The first kappa shape index (κ1) is 18.1. The van der Waals surface area contributed by atoms with Gasteiger partial charge in [-0.15, -0.1) is 0 Å². The molecule has 6 heteroatoms. The first-order chi connectivity index (χ1) is 12.3. The smallest absolute Gasteiger partial charge is 0.222 e. The average Bonchev–Trinajstić information content (AvgIpc) is 2.66. The number of halogens is 1. The molecule has 25 heavy (non-hydrogen) atoms. The van der Waals surface area contributed by atoms with Gasteiger partial charge in [0, 0.05) is 36.9 Å². The van der Waals surface area contributed by atoms with Gasteiger partial charge in [0.2, 0.25) is 5.95 Å². The second-order valence-electron chi connectivity index (χ2n) is 6.35. The molecule has 134 valence electrons. The van der Waals surface area contributed by atoms with Crippen molar-refractivity contribution in [1.29, 1.82) is 0 Å². The fourth-order valence-electron chi connectivity index (χ4n) is 3.49. The summed E-state index contributed by atoms with van der Waals surface area (Å²) in [4.78, 5) is 9.20. The van der Waals surface area contributed by atoms with E-state index in [2.05, 4.69) is 27.8 Å². The molecule has 3 rings (SSSR count). The van der Waals surface area contributed by atoms with Gasteiger partial charge in [-0.25, -0.2) is 9.97 Å². The molecule has 1 saturated heterocycles. The maximum absolute atomic E-state index is 6.56. The van der Waals surface area contributed by atoms with E-state index in [1.54, 1.807) is 7.11 Å². The molecular formula is C19H25ClN4O. The van der Waals surface area contributed by atoms with Crippen LogP contribution < -0.4 is 10.6 Å². The summed E-state index contributed by atoms with van der Waals surface area (Å²) in [5.41, 5.74) is 2.02. The Labute approximate surface area is 154 Å². The summed E-state index contributed by atoms with van der Waals surface area (Å²) in [6, 6.07) is 10.1. The highest BCUT2D eigenvalue weighted by Gasteiger charge is 2.38. The minimum atomic E-state index is -0.171. The van der Waals surface area contributed by atoms with Gasteiger partial charge < -0.3 is 15.4 Å². The molecule has 0 saturated carbocycles. The number of piperidine rings is 1. The van der Waals surface area contributed by atoms with Gasteiger partial charge in [-0.2, -0.15) is 0 Å². The molecule has 1 aliphatic rings. The van der Waals surface area contributed by atoms with Crippen molar-refractivity contribution < 1.29 is 4.74 Å². The van der Waals surface area contributed by atoms with Crippen LogP contribution in [0.25, 0.3) is 0 Å². The van der Waals surface area contributed by atoms with Crippen molar-refractivity contribution in [3.8, 4) is 0 Å². The molecule has 2 heterocycles. The monoisotopic (exact) mass is 360 g/mol. The highest BCUT2D eigenvalue weighted by molar-refractivity contribution is 6.31. The summed E-state index contributed by atoms with van der Waals surface area (Å²) >= 11 is 6.56. The van der Waals surface area contributed by atoms with Crippen LogP contribution in [0.2, 0.25) is 5.02 Å². The second kappa shape index (κ2) is 8.61. The summed E-state index contributed by atoms with van der Waals surface area (Å²) in [6.45, 7) is 3.41. The minimum absolute atomic E-state index is 0.171. The van der Waals surface area contributed by atoms with Gasteiger partial charge in [-0.3, -0.25) is 0 Å². The summed E-state index contributed by atoms with van der Waals surface area (Å²) < 4.78 is 5.08. The molecule has 5 nitrogen and oxygen atoms in total. The van der Waals surface area contributed by atoms with Gasteiger partial charge in [-0.1, -0.05) is 29.8 Å². The third-order valence-corrected chi connectivity index (χ3v) is 5.13. The molecule has 1 aromatic heterocycles. The van der Waals surface area contributed by atoms with Crippen LogP contribution in [0.3, 0.4) is 0 Å². The van der Waals surface area contributed by atoms with E-state index < -0.39 is 0 Å². The number of anilines is 1. The van der Waals surface area contributed by atoms with Crippen molar-refractivity contribution in [3.63, 3.8) is 0 Å². The number of hydrogen-bond donors (Lipinski definition) is 2. The topological polar surface area (TPSA) is 59.1 Å². The van der Waals surface area contributed by atoms with E-state index in [4.69, 9.17) is 21.3 Å². The van der Waals surface area contributed by atoms with Crippen molar-refractivity contribution >= 4 is 17.5 Å².